The maximum Gasteiger partial charge on any atom is 0.329 e. The van der Waals surface area contributed by atoms with Crippen LogP contribution >= 0.6 is 0 Å². The van der Waals surface area contributed by atoms with Crippen molar-refractivity contribution in [2.75, 3.05) is 13.6 Å². The summed E-state index contributed by atoms with van der Waals surface area (Å²) in [6.45, 7) is 12.0. The SMILES string of the molecule is CC(C)CC(=O)N[C@@H](CCC(N)=O)C(=O)N[C@@H]1C(=O)N[C@@H](CC(C)C)C(=O)N2CCC[C@@H]2C(=O)NC(Cc2ccccc2)C(=O)N(C)C(Cc2ccc(O)cc2)C(=O)N[C@@H](C(C)C)C(=O)O[C@@H]1C. The first-order valence-electron chi connectivity index (χ1n) is 23.4. The second-order valence-corrected chi connectivity index (χ2v) is 19.0. The Hall–Kier alpha value is -6.53. The molecule has 8 amide bonds. The summed E-state index contributed by atoms with van der Waals surface area (Å²) in [7, 11) is 1.42. The van der Waals surface area contributed by atoms with Gasteiger partial charge in [-0.2, -0.15) is 0 Å². The molecule has 8 N–H and O–H groups in total. The average Bonchev–Trinajstić information content (AvgIpc) is 3.77. The molecule has 68 heavy (non-hydrogen) atoms. The molecule has 19 nitrogen and oxygen atoms in total. The molecule has 2 fully saturated rings. The molecule has 0 aliphatic carbocycles. The molecule has 4 rings (SSSR count). The second-order valence-electron chi connectivity index (χ2n) is 19.0. The van der Waals surface area contributed by atoms with Crippen LogP contribution in [0.4, 0.5) is 0 Å². The van der Waals surface area contributed by atoms with Crippen molar-refractivity contribution in [2.24, 2.45) is 23.5 Å². The number of phenolic OH excluding ortho intramolecular Hbond substituents is 1. The van der Waals surface area contributed by atoms with Crippen molar-refractivity contribution in [3.05, 3.63) is 65.7 Å². The number of nitrogens with zero attached hydrogens (tertiary/aromatic N) is 2. The summed E-state index contributed by atoms with van der Waals surface area (Å²) in [4.78, 5) is 129. The Morgan fingerprint density at radius 1 is 0.809 bits per heavy atom. The first-order chi connectivity index (χ1) is 32.1. The number of likely N-dealkylation sites (N-methyl/N-ethyl adjacent to an activating group) is 1. The van der Waals surface area contributed by atoms with Crippen LogP contribution in [0.1, 0.15) is 98.1 Å². The number of carbonyl (C=O) groups is 9. The number of esters is 1. The predicted molar refractivity (Wildman–Crippen MR) is 251 cm³/mol. The summed E-state index contributed by atoms with van der Waals surface area (Å²) >= 11 is 0. The highest BCUT2D eigenvalue weighted by atomic mass is 16.5. The van der Waals surface area contributed by atoms with Gasteiger partial charge in [-0.25, -0.2) is 4.79 Å². The number of fused-ring (bicyclic) bond motifs is 1. The van der Waals surface area contributed by atoms with Gasteiger partial charge >= 0.3 is 5.97 Å². The van der Waals surface area contributed by atoms with Gasteiger partial charge in [0.2, 0.25) is 47.3 Å². The van der Waals surface area contributed by atoms with E-state index in [-0.39, 0.29) is 69.1 Å². The molecule has 8 atom stereocenters. The number of aromatic hydroxyl groups is 1. The molecule has 0 bridgehead atoms. The molecule has 2 aromatic carbocycles. The standard InChI is InChI=1S/C49H70N8O11/c1-27(2)23-35-48(66)57-22-12-15-37(57)44(62)52-36(25-31-13-10-9-11-14-31)47(65)56(8)38(26-32-16-18-33(58)19-17-32)45(63)54-41(29(5)6)49(67)68-30(7)42(46(64)53-35)55-43(61)34(20-21-39(50)59)51-40(60)24-28(3)4/h9-11,13-14,16-19,27-30,34-38,41-42,58H,12,15,20-26H2,1-8H3,(H2,50,59)(H,51,60)(H,52,62)(H,53,64)(H,54,63)(H,55,61)/t30-,34+,35+,36?,37-,38?,41+,42+/m1/s1. The van der Waals surface area contributed by atoms with Crippen LogP contribution in [0.2, 0.25) is 0 Å². The molecule has 2 unspecified atom stereocenters. The van der Waals surface area contributed by atoms with E-state index in [1.54, 1.807) is 70.2 Å². The molecule has 0 spiro atoms. The van der Waals surface area contributed by atoms with E-state index in [1.165, 1.54) is 35.9 Å². The molecular weight excluding hydrogens is 877 g/mol. The minimum Gasteiger partial charge on any atom is -0.508 e. The number of ether oxygens (including phenoxy) is 1. The summed E-state index contributed by atoms with van der Waals surface area (Å²) in [5, 5.41) is 23.6. The number of amides is 8. The van der Waals surface area contributed by atoms with Crippen LogP contribution in [0.25, 0.3) is 0 Å². The Morgan fingerprint density at radius 3 is 2.04 bits per heavy atom. The summed E-state index contributed by atoms with van der Waals surface area (Å²) in [6, 6.07) is 5.73. The maximum atomic E-state index is 14.8. The van der Waals surface area contributed by atoms with Crippen LogP contribution in [0.5, 0.6) is 5.75 Å². The van der Waals surface area contributed by atoms with Crippen LogP contribution in [0.15, 0.2) is 54.6 Å². The van der Waals surface area contributed by atoms with Crippen molar-refractivity contribution in [1.29, 1.82) is 0 Å². The molecule has 2 aromatic rings. The topological polar surface area (TPSA) is 276 Å². The Labute approximate surface area is 398 Å². The summed E-state index contributed by atoms with van der Waals surface area (Å²) < 4.78 is 5.91. The van der Waals surface area contributed by atoms with Crippen LogP contribution in [-0.2, 0) is 60.7 Å². The van der Waals surface area contributed by atoms with Crippen molar-refractivity contribution in [3.63, 3.8) is 0 Å². The summed E-state index contributed by atoms with van der Waals surface area (Å²) in [5.41, 5.74) is 6.66. The van der Waals surface area contributed by atoms with Gasteiger partial charge in [-0.1, -0.05) is 84.0 Å². The molecule has 0 saturated carbocycles. The Morgan fingerprint density at radius 2 is 1.44 bits per heavy atom. The second kappa shape index (κ2) is 25.0. The van der Waals surface area contributed by atoms with Crippen molar-refractivity contribution in [1.82, 2.24) is 36.4 Å². The zero-order valence-corrected chi connectivity index (χ0v) is 40.4. The molecule has 0 radical (unpaired) electrons. The van der Waals surface area contributed by atoms with Crippen LogP contribution in [-0.4, -0.2) is 130 Å². The van der Waals surface area contributed by atoms with Gasteiger partial charge in [-0.15, -0.1) is 0 Å². The largest absolute Gasteiger partial charge is 0.508 e. The van der Waals surface area contributed by atoms with Crippen molar-refractivity contribution < 1.29 is 53.0 Å². The third-order valence-corrected chi connectivity index (χ3v) is 12.0. The van der Waals surface area contributed by atoms with Gasteiger partial charge in [-0.3, -0.25) is 38.4 Å². The van der Waals surface area contributed by atoms with Crippen molar-refractivity contribution in [3.8, 4) is 5.75 Å². The highest BCUT2D eigenvalue weighted by Crippen LogP contribution is 2.23. The van der Waals surface area contributed by atoms with Crippen molar-refractivity contribution >= 4 is 53.2 Å². The minimum atomic E-state index is -1.71. The van der Waals surface area contributed by atoms with E-state index in [0.717, 1.165) is 0 Å². The maximum absolute atomic E-state index is 14.8. The fraction of sp³-hybridized carbons (Fsp3) is 0.571. The number of hydrogen-bond acceptors (Lipinski definition) is 11. The molecule has 372 valence electrons. The van der Waals surface area contributed by atoms with E-state index >= 15 is 0 Å². The number of carbonyl (C=O) groups excluding carboxylic acids is 9. The normalized spacial score (nSPS) is 24.0. The fourth-order valence-corrected chi connectivity index (χ4v) is 8.34. The molecule has 19 heteroatoms. The van der Waals surface area contributed by atoms with Gasteiger partial charge < -0.3 is 52.0 Å². The zero-order chi connectivity index (χ0) is 50.4. The van der Waals surface area contributed by atoms with E-state index in [2.05, 4.69) is 26.6 Å². The lowest BCUT2D eigenvalue weighted by Gasteiger charge is -2.33. The fourth-order valence-electron chi connectivity index (χ4n) is 8.34. The molecule has 2 saturated heterocycles. The number of rotatable bonds is 15. The highest BCUT2D eigenvalue weighted by molar-refractivity contribution is 5.98. The number of nitrogens with two attached hydrogens (primary N) is 1. The first kappa shape index (κ1) is 54.1. The highest BCUT2D eigenvalue weighted by Gasteiger charge is 2.43. The monoisotopic (exact) mass is 947 g/mol. The number of benzene rings is 2. The molecule has 2 aliphatic heterocycles. The number of hydrogen-bond donors (Lipinski definition) is 7. The van der Waals surface area contributed by atoms with Crippen LogP contribution in [0, 0.1) is 17.8 Å². The molecule has 0 aromatic heterocycles. The Bertz CT molecular complexity index is 2120. The third-order valence-electron chi connectivity index (χ3n) is 12.0. The Balaban J connectivity index is 1.85. The summed E-state index contributed by atoms with van der Waals surface area (Å²) in [6.07, 6.45) is -1.26. The van der Waals surface area contributed by atoms with Crippen LogP contribution in [0.3, 0.4) is 0 Å². The molecular formula is C49H70N8O11. The number of primary amides is 1. The first-order valence-corrected chi connectivity index (χ1v) is 23.4. The van der Waals surface area contributed by atoms with Gasteiger partial charge in [-0.05, 0) is 73.6 Å². The van der Waals surface area contributed by atoms with Gasteiger partial charge in [0, 0.05) is 39.3 Å². The van der Waals surface area contributed by atoms with Gasteiger partial charge in [0.1, 0.15) is 54.1 Å². The van der Waals surface area contributed by atoms with Gasteiger partial charge in [0.05, 0.1) is 0 Å². The third kappa shape index (κ3) is 15.5. The lowest BCUT2D eigenvalue weighted by molar-refractivity contribution is -0.158. The van der Waals surface area contributed by atoms with E-state index in [9.17, 15) is 48.3 Å². The van der Waals surface area contributed by atoms with E-state index in [4.69, 9.17) is 10.5 Å². The Kier molecular flexibility index (Phi) is 19.9. The predicted octanol–water partition coefficient (Wildman–Crippen LogP) is 1.38. The number of cyclic esters (lactones) is 1. The number of phenols is 1. The van der Waals surface area contributed by atoms with E-state index < -0.39 is 108 Å². The lowest BCUT2D eigenvalue weighted by atomic mass is 9.99. The number of nitrogens with one attached hydrogen (secondary N) is 5. The molecule has 2 heterocycles. The lowest BCUT2D eigenvalue weighted by Crippen LogP contribution is -2.61. The summed E-state index contributed by atoms with van der Waals surface area (Å²) in [5.74, 6) is -7.62. The van der Waals surface area contributed by atoms with E-state index in [1.807, 2.05) is 13.8 Å². The molecule has 2 aliphatic rings. The zero-order valence-electron chi connectivity index (χ0n) is 40.4. The van der Waals surface area contributed by atoms with Crippen molar-refractivity contribution in [2.45, 2.75) is 148 Å². The van der Waals surface area contributed by atoms with Crippen LogP contribution < -0.4 is 32.3 Å². The van der Waals surface area contributed by atoms with Gasteiger partial charge in [0.15, 0.2) is 0 Å². The minimum absolute atomic E-state index is 0.0206. The van der Waals surface area contributed by atoms with Gasteiger partial charge in [0.25, 0.3) is 0 Å². The average molecular weight is 947 g/mol. The van der Waals surface area contributed by atoms with E-state index in [0.29, 0.717) is 17.5 Å². The smallest absolute Gasteiger partial charge is 0.329 e. The quantitative estimate of drug-likeness (QED) is 0.125.